The zero-order valence-electron chi connectivity index (χ0n) is 13.8. The molecule has 1 saturated heterocycles. The lowest BCUT2D eigenvalue weighted by Crippen LogP contribution is -2.46. The molecule has 0 saturated carbocycles. The smallest absolute Gasteiger partial charge is 0.258 e. The van der Waals surface area contributed by atoms with E-state index >= 15 is 0 Å². The number of benzene rings is 2. The Bertz CT molecular complexity index is 816. The van der Waals surface area contributed by atoms with Gasteiger partial charge in [0.1, 0.15) is 11.6 Å². The summed E-state index contributed by atoms with van der Waals surface area (Å²) in [4.78, 5) is 26.2. The Morgan fingerprint density at radius 3 is 2.42 bits per heavy atom. The first-order chi connectivity index (χ1) is 12.5. The van der Waals surface area contributed by atoms with Crippen LogP contribution in [-0.4, -0.2) is 35.8 Å². The molecule has 4 nitrogen and oxygen atoms in total. The second-order valence-electron chi connectivity index (χ2n) is 6.15. The summed E-state index contributed by atoms with van der Waals surface area (Å²) >= 11 is 5.95. The van der Waals surface area contributed by atoms with E-state index in [9.17, 15) is 18.4 Å². The van der Waals surface area contributed by atoms with Crippen LogP contribution in [0.15, 0.2) is 42.5 Å². The van der Waals surface area contributed by atoms with E-state index in [-0.39, 0.29) is 28.1 Å². The largest absolute Gasteiger partial charge is 0.349 e. The third-order valence-electron chi connectivity index (χ3n) is 4.38. The highest BCUT2D eigenvalue weighted by molar-refractivity contribution is 6.33. The van der Waals surface area contributed by atoms with Gasteiger partial charge in [-0.05, 0) is 43.2 Å². The summed E-state index contributed by atoms with van der Waals surface area (Å²) in [6.07, 6.45) is 1.05. The van der Waals surface area contributed by atoms with Crippen molar-refractivity contribution in [2.75, 3.05) is 13.1 Å². The van der Waals surface area contributed by atoms with Crippen molar-refractivity contribution >= 4 is 23.4 Å². The zero-order valence-corrected chi connectivity index (χ0v) is 14.6. The Labute approximate surface area is 154 Å². The van der Waals surface area contributed by atoms with Crippen LogP contribution >= 0.6 is 11.6 Å². The minimum atomic E-state index is -0.649. The molecular weight excluding hydrogens is 362 g/mol. The topological polar surface area (TPSA) is 49.4 Å². The monoisotopic (exact) mass is 378 g/mol. The standard InChI is InChI=1S/C19H17ClF2N2O2/c20-15-5-2-6-16(22)17(15)19(26)24-9-7-14(8-10-24)23-18(25)12-3-1-4-13(21)11-12/h1-6,11,14H,7-10H2,(H,23,25). The maximum absolute atomic E-state index is 13.9. The molecule has 3 rings (SSSR count). The van der Waals surface area contributed by atoms with Gasteiger partial charge in [-0.15, -0.1) is 0 Å². The maximum Gasteiger partial charge on any atom is 0.258 e. The first kappa shape index (κ1) is 18.3. The van der Waals surface area contributed by atoms with Gasteiger partial charge in [-0.2, -0.15) is 0 Å². The van der Waals surface area contributed by atoms with Crippen LogP contribution in [0.25, 0.3) is 0 Å². The Morgan fingerprint density at radius 1 is 1.08 bits per heavy atom. The van der Waals surface area contributed by atoms with Crippen LogP contribution in [0.2, 0.25) is 5.02 Å². The van der Waals surface area contributed by atoms with Gasteiger partial charge in [-0.3, -0.25) is 9.59 Å². The molecule has 2 aromatic rings. The van der Waals surface area contributed by atoms with Crippen LogP contribution in [0.5, 0.6) is 0 Å². The van der Waals surface area contributed by atoms with Crippen LogP contribution in [0, 0.1) is 11.6 Å². The molecule has 2 amide bonds. The van der Waals surface area contributed by atoms with E-state index in [0.29, 0.717) is 25.9 Å². The van der Waals surface area contributed by atoms with Gasteiger partial charge in [0.15, 0.2) is 0 Å². The second kappa shape index (κ2) is 7.83. The molecule has 0 aromatic heterocycles. The lowest BCUT2D eigenvalue weighted by atomic mass is 10.0. The van der Waals surface area contributed by atoms with Crippen molar-refractivity contribution in [1.82, 2.24) is 10.2 Å². The maximum atomic E-state index is 13.9. The molecule has 7 heteroatoms. The van der Waals surface area contributed by atoms with Gasteiger partial charge in [0, 0.05) is 24.7 Å². The van der Waals surface area contributed by atoms with E-state index in [1.54, 1.807) is 0 Å². The molecule has 0 atom stereocenters. The number of nitrogens with one attached hydrogen (secondary N) is 1. The van der Waals surface area contributed by atoms with Crippen LogP contribution in [0.4, 0.5) is 8.78 Å². The zero-order chi connectivity index (χ0) is 18.7. The fourth-order valence-corrected chi connectivity index (χ4v) is 3.23. The van der Waals surface area contributed by atoms with Gasteiger partial charge in [0.2, 0.25) is 0 Å². The number of hydrogen-bond donors (Lipinski definition) is 1. The van der Waals surface area contributed by atoms with Crippen molar-refractivity contribution in [2.45, 2.75) is 18.9 Å². The number of nitrogens with zero attached hydrogens (tertiary/aromatic N) is 1. The molecule has 1 aliphatic rings. The van der Waals surface area contributed by atoms with Gasteiger partial charge < -0.3 is 10.2 Å². The van der Waals surface area contributed by atoms with Gasteiger partial charge in [0.05, 0.1) is 10.6 Å². The summed E-state index contributed by atoms with van der Waals surface area (Å²) in [5.41, 5.74) is 0.123. The molecule has 136 valence electrons. The van der Waals surface area contributed by atoms with Crippen LogP contribution < -0.4 is 5.32 Å². The molecule has 0 aliphatic carbocycles. The Morgan fingerprint density at radius 2 is 1.77 bits per heavy atom. The first-order valence-corrected chi connectivity index (χ1v) is 8.63. The van der Waals surface area contributed by atoms with Crippen LogP contribution in [-0.2, 0) is 0 Å². The summed E-state index contributed by atoms with van der Waals surface area (Å²) in [5.74, 6) is -1.93. The van der Waals surface area contributed by atoms with Crippen LogP contribution in [0.1, 0.15) is 33.6 Å². The van der Waals surface area contributed by atoms with Crippen LogP contribution in [0.3, 0.4) is 0 Å². The van der Waals surface area contributed by atoms with Crippen molar-refractivity contribution in [3.8, 4) is 0 Å². The summed E-state index contributed by atoms with van der Waals surface area (Å²) in [6.45, 7) is 0.745. The van der Waals surface area contributed by atoms with Gasteiger partial charge in [0.25, 0.3) is 11.8 Å². The first-order valence-electron chi connectivity index (χ1n) is 8.25. The normalized spacial score (nSPS) is 15.0. The quantitative estimate of drug-likeness (QED) is 0.886. The molecule has 1 heterocycles. The number of piperidine rings is 1. The number of carbonyl (C=O) groups excluding carboxylic acids is 2. The summed E-state index contributed by atoms with van der Waals surface area (Å²) in [5, 5.41) is 2.92. The van der Waals surface area contributed by atoms with E-state index < -0.39 is 17.5 Å². The third-order valence-corrected chi connectivity index (χ3v) is 4.70. The Kier molecular flexibility index (Phi) is 5.52. The number of likely N-dealkylation sites (tertiary alicyclic amines) is 1. The van der Waals surface area contributed by atoms with E-state index in [2.05, 4.69) is 5.32 Å². The van der Waals surface area contributed by atoms with Crippen molar-refractivity contribution in [3.05, 3.63) is 70.2 Å². The number of carbonyl (C=O) groups is 2. The van der Waals surface area contributed by atoms with Crippen molar-refractivity contribution in [3.63, 3.8) is 0 Å². The highest BCUT2D eigenvalue weighted by Crippen LogP contribution is 2.23. The average molecular weight is 379 g/mol. The van der Waals surface area contributed by atoms with Gasteiger partial charge >= 0.3 is 0 Å². The highest BCUT2D eigenvalue weighted by atomic mass is 35.5. The molecule has 0 radical (unpaired) electrons. The van der Waals surface area contributed by atoms with E-state index in [1.165, 1.54) is 47.4 Å². The fourth-order valence-electron chi connectivity index (χ4n) is 2.99. The number of hydrogen-bond acceptors (Lipinski definition) is 2. The SMILES string of the molecule is O=C(NC1CCN(C(=O)c2c(F)cccc2Cl)CC1)c1cccc(F)c1. The molecule has 26 heavy (non-hydrogen) atoms. The molecule has 0 bridgehead atoms. The summed E-state index contributed by atoms with van der Waals surface area (Å²) < 4.78 is 27.1. The minimum Gasteiger partial charge on any atom is -0.349 e. The lowest BCUT2D eigenvalue weighted by molar-refractivity contribution is 0.0694. The number of halogens is 3. The van der Waals surface area contributed by atoms with E-state index in [1.807, 2.05) is 0 Å². The molecule has 0 unspecified atom stereocenters. The summed E-state index contributed by atoms with van der Waals surface area (Å²) in [7, 11) is 0. The minimum absolute atomic E-state index is 0.0801. The fraction of sp³-hybridized carbons (Fsp3) is 0.263. The third kappa shape index (κ3) is 4.02. The molecular formula is C19H17ClF2N2O2. The molecule has 2 aromatic carbocycles. The van der Waals surface area contributed by atoms with Crippen molar-refractivity contribution in [1.29, 1.82) is 0 Å². The molecule has 0 spiro atoms. The van der Waals surface area contributed by atoms with E-state index in [4.69, 9.17) is 11.6 Å². The molecule has 1 N–H and O–H groups in total. The number of rotatable bonds is 3. The van der Waals surface area contributed by atoms with E-state index in [0.717, 1.165) is 0 Å². The van der Waals surface area contributed by atoms with Crippen molar-refractivity contribution < 1.29 is 18.4 Å². The molecule has 1 fully saturated rings. The predicted molar refractivity (Wildman–Crippen MR) is 94.2 cm³/mol. The Hall–Kier alpha value is -2.47. The Balaban J connectivity index is 1.59. The predicted octanol–water partition coefficient (Wildman–Crippen LogP) is 3.65. The second-order valence-corrected chi connectivity index (χ2v) is 6.55. The van der Waals surface area contributed by atoms with Gasteiger partial charge in [-0.25, -0.2) is 8.78 Å². The lowest BCUT2D eigenvalue weighted by Gasteiger charge is -2.32. The molecule has 1 aliphatic heterocycles. The highest BCUT2D eigenvalue weighted by Gasteiger charge is 2.27. The average Bonchev–Trinajstić information content (AvgIpc) is 2.62. The van der Waals surface area contributed by atoms with Crippen molar-refractivity contribution in [2.24, 2.45) is 0 Å². The number of amides is 2. The summed E-state index contributed by atoms with van der Waals surface area (Å²) in [6, 6.07) is 9.45. The van der Waals surface area contributed by atoms with Gasteiger partial charge in [-0.1, -0.05) is 23.7 Å².